The average molecular weight is 345 g/mol. The summed E-state index contributed by atoms with van der Waals surface area (Å²) in [5, 5.41) is 3.66. The summed E-state index contributed by atoms with van der Waals surface area (Å²) in [5.41, 5.74) is 5.41. The van der Waals surface area contributed by atoms with E-state index in [2.05, 4.69) is 77.3 Å². The van der Waals surface area contributed by atoms with Crippen LogP contribution in [0.5, 0.6) is 0 Å². The van der Waals surface area contributed by atoms with Crippen molar-refractivity contribution in [2.24, 2.45) is 0 Å². The van der Waals surface area contributed by atoms with Crippen LogP contribution < -0.4 is 5.32 Å². The van der Waals surface area contributed by atoms with E-state index >= 15 is 0 Å². The molecule has 0 fully saturated rings. The van der Waals surface area contributed by atoms with Gasteiger partial charge in [0.05, 0.1) is 17.9 Å². The van der Waals surface area contributed by atoms with E-state index in [1.54, 1.807) is 0 Å². The van der Waals surface area contributed by atoms with Crippen LogP contribution >= 0.6 is 15.9 Å². The second-order valence-electron chi connectivity index (χ2n) is 6.54. The number of fused-ring (bicyclic) bond motifs is 1. The highest BCUT2D eigenvalue weighted by molar-refractivity contribution is 9.10. The third-order valence-corrected chi connectivity index (χ3v) is 5.31. The minimum Gasteiger partial charge on any atom is -0.377 e. The van der Waals surface area contributed by atoms with E-state index in [1.807, 2.05) is 6.20 Å². The fraction of sp³-hybridized carbons (Fsp3) is 0.389. The van der Waals surface area contributed by atoms with Crippen molar-refractivity contribution < 1.29 is 0 Å². The van der Waals surface area contributed by atoms with Gasteiger partial charge in [-0.05, 0) is 63.9 Å². The molecule has 21 heavy (non-hydrogen) atoms. The minimum atomic E-state index is 0.267. The lowest BCUT2D eigenvalue weighted by Crippen LogP contribution is -2.29. The molecule has 0 saturated carbocycles. The summed E-state index contributed by atoms with van der Waals surface area (Å²) in [6, 6.07) is 11.3. The maximum Gasteiger partial charge on any atom is 0.109 e. The molecule has 1 aliphatic rings. The summed E-state index contributed by atoms with van der Waals surface area (Å²) < 4.78 is 0.915. The quantitative estimate of drug-likeness (QED) is 0.740. The number of nitrogens with one attached hydrogen (secondary N) is 1. The summed E-state index contributed by atoms with van der Waals surface area (Å²) >= 11 is 3.46. The Morgan fingerprint density at radius 2 is 2.05 bits per heavy atom. The normalized spacial score (nSPS) is 19.9. The predicted octanol–water partition coefficient (Wildman–Crippen LogP) is 5.38. The zero-order valence-electron chi connectivity index (χ0n) is 12.8. The Kier molecular flexibility index (Phi) is 3.78. The van der Waals surface area contributed by atoms with E-state index in [0.29, 0.717) is 6.04 Å². The number of halogens is 1. The Labute approximate surface area is 135 Å². The molecule has 0 spiro atoms. The molecule has 0 radical (unpaired) electrons. The van der Waals surface area contributed by atoms with Gasteiger partial charge in [0, 0.05) is 0 Å². The smallest absolute Gasteiger partial charge is 0.109 e. The van der Waals surface area contributed by atoms with Crippen LogP contribution in [-0.2, 0) is 5.41 Å². The van der Waals surface area contributed by atoms with Crippen molar-refractivity contribution in [3.63, 3.8) is 0 Å². The molecular weight excluding hydrogens is 324 g/mol. The molecule has 2 nitrogen and oxygen atoms in total. The van der Waals surface area contributed by atoms with Crippen molar-refractivity contribution >= 4 is 21.6 Å². The van der Waals surface area contributed by atoms with Crippen LogP contribution in [0.25, 0.3) is 0 Å². The molecule has 1 atom stereocenters. The van der Waals surface area contributed by atoms with E-state index in [1.165, 1.54) is 17.5 Å². The van der Waals surface area contributed by atoms with Gasteiger partial charge in [-0.2, -0.15) is 0 Å². The molecule has 1 aliphatic carbocycles. The lowest BCUT2D eigenvalue weighted by molar-refractivity contribution is 0.406. The minimum absolute atomic E-state index is 0.267. The van der Waals surface area contributed by atoms with Crippen LogP contribution in [0, 0.1) is 6.92 Å². The van der Waals surface area contributed by atoms with Gasteiger partial charge in [-0.1, -0.05) is 38.1 Å². The van der Waals surface area contributed by atoms with Crippen LogP contribution in [0.1, 0.15) is 49.4 Å². The fourth-order valence-electron chi connectivity index (χ4n) is 3.20. The van der Waals surface area contributed by atoms with Gasteiger partial charge >= 0.3 is 0 Å². The van der Waals surface area contributed by atoms with Crippen LogP contribution in [-0.4, -0.2) is 4.98 Å². The van der Waals surface area contributed by atoms with Crippen LogP contribution in [0.2, 0.25) is 0 Å². The highest BCUT2D eigenvalue weighted by Crippen LogP contribution is 2.42. The summed E-state index contributed by atoms with van der Waals surface area (Å²) in [7, 11) is 0. The number of hydrogen-bond donors (Lipinski definition) is 1. The van der Waals surface area contributed by atoms with Crippen molar-refractivity contribution in [2.45, 2.75) is 45.1 Å². The van der Waals surface area contributed by atoms with Gasteiger partial charge in [0.2, 0.25) is 0 Å². The lowest BCUT2D eigenvalue weighted by atomic mass is 9.71. The summed E-state index contributed by atoms with van der Waals surface area (Å²) in [5.74, 6) is 0. The number of benzene rings is 1. The number of hydrogen-bond acceptors (Lipinski definition) is 2. The SMILES string of the molecule is Cc1cc(NC2CCC(C)(C)c3ccccc32)cnc1Br. The van der Waals surface area contributed by atoms with Gasteiger partial charge < -0.3 is 5.32 Å². The molecule has 1 heterocycles. The first kappa shape index (κ1) is 14.6. The predicted molar refractivity (Wildman–Crippen MR) is 91.7 cm³/mol. The van der Waals surface area contributed by atoms with Gasteiger partial charge in [-0.3, -0.25) is 0 Å². The lowest BCUT2D eigenvalue weighted by Gasteiger charge is -2.37. The van der Waals surface area contributed by atoms with Crippen molar-refractivity contribution in [1.29, 1.82) is 0 Å². The average Bonchev–Trinajstić information content (AvgIpc) is 2.46. The number of aryl methyl sites for hydroxylation is 1. The maximum atomic E-state index is 4.38. The first-order valence-corrected chi connectivity index (χ1v) is 8.25. The van der Waals surface area contributed by atoms with Crippen LogP contribution in [0.3, 0.4) is 0 Å². The molecule has 1 aromatic heterocycles. The molecule has 1 N–H and O–H groups in total. The standard InChI is InChI=1S/C18H21BrN2/c1-12-10-13(11-20-17(12)19)21-16-8-9-18(2,3)15-7-5-4-6-14(15)16/h4-7,10-11,16,21H,8-9H2,1-3H3. The van der Waals surface area contributed by atoms with Gasteiger partial charge in [0.25, 0.3) is 0 Å². The zero-order chi connectivity index (χ0) is 15.0. The van der Waals surface area contributed by atoms with E-state index in [4.69, 9.17) is 0 Å². The molecule has 110 valence electrons. The second kappa shape index (κ2) is 5.45. The number of anilines is 1. The molecule has 2 aromatic rings. The number of aromatic nitrogens is 1. The molecule has 1 unspecified atom stereocenters. The van der Waals surface area contributed by atoms with Gasteiger partial charge in [-0.25, -0.2) is 4.98 Å². The fourth-order valence-corrected chi connectivity index (χ4v) is 3.42. The van der Waals surface area contributed by atoms with Gasteiger partial charge in [0.1, 0.15) is 4.60 Å². The van der Waals surface area contributed by atoms with E-state index < -0.39 is 0 Å². The highest BCUT2D eigenvalue weighted by Gasteiger charge is 2.32. The van der Waals surface area contributed by atoms with E-state index in [-0.39, 0.29) is 5.41 Å². The topological polar surface area (TPSA) is 24.9 Å². The number of pyridine rings is 1. The Bertz CT molecular complexity index is 664. The Hall–Kier alpha value is -1.35. The Balaban J connectivity index is 1.92. The second-order valence-corrected chi connectivity index (χ2v) is 7.29. The van der Waals surface area contributed by atoms with E-state index in [0.717, 1.165) is 22.3 Å². The Morgan fingerprint density at radius 1 is 1.29 bits per heavy atom. The molecule has 1 aromatic carbocycles. The highest BCUT2D eigenvalue weighted by atomic mass is 79.9. The van der Waals surface area contributed by atoms with E-state index in [9.17, 15) is 0 Å². The van der Waals surface area contributed by atoms with Crippen molar-refractivity contribution in [1.82, 2.24) is 4.98 Å². The van der Waals surface area contributed by atoms with Crippen LogP contribution in [0.15, 0.2) is 41.1 Å². The molecule has 0 amide bonds. The first-order valence-electron chi connectivity index (χ1n) is 7.45. The van der Waals surface area contributed by atoms with Crippen molar-refractivity contribution in [3.05, 3.63) is 57.8 Å². The molecular formula is C18H21BrN2. The molecule has 3 heteroatoms. The summed E-state index contributed by atoms with van der Waals surface area (Å²) in [6.07, 6.45) is 4.25. The monoisotopic (exact) mass is 344 g/mol. The zero-order valence-corrected chi connectivity index (χ0v) is 14.4. The molecule has 3 rings (SSSR count). The third-order valence-electron chi connectivity index (χ3n) is 4.48. The molecule has 0 saturated heterocycles. The van der Waals surface area contributed by atoms with Crippen LogP contribution in [0.4, 0.5) is 5.69 Å². The Morgan fingerprint density at radius 3 is 2.81 bits per heavy atom. The van der Waals surface area contributed by atoms with Gasteiger partial charge in [0.15, 0.2) is 0 Å². The number of rotatable bonds is 2. The largest absolute Gasteiger partial charge is 0.377 e. The van der Waals surface area contributed by atoms with Gasteiger partial charge in [-0.15, -0.1) is 0 Å². The maximum absolute atomic E-state index is 4.38. The summed E-state index contributed by atoms with van der Waals surface area (Å²) in [6.45, 7) is 6.75. The van der Waals surface area contributed by atoms with Crippen molar-refractivity contribution in [2.75, 3.05) is 5.32 Å². The first-order chi connectivity index (χ1) is 9.97. The third kappa shape index (κ3) is 2.84. The molecule has 0 bridgehead atoms. The number of nitrogens with zero attached hydrogens (tertiary/aromatic N) is 1. The molecule has 0 aliphatic heterocycles. The summed E-state index contributed by atoms with van der Waals surface area (Å²) in [4.78, 5) is 4.38. The van der Waals surface area contributed by atoms with Crippen molar-refractivity contribution in [3.8, 4) is 0 Å².